The molecule has 1 N–H and O–H groups in total. The Kier molecular flexibility index (Phi) is 4.77. The molecule has 4 aromatic carbocycles. The van der Waals surface area contributed by atoms with Crippen molar-refractivity contribution in [1.82, 2.24) is 0 Å². The standard InChI is InChI=1S/C33H26N2O3/c1-19-9-3-8-14-26(19)34-30(36)20-15-17-21(18-16-20)35-31(37)29-27-22-10-4-6-12-24(22)28(33(29,2)32(35)38)25-13-7-5-11-23(25)27/h3-18,27-29H,1-2H3,(H,34,36)/t27?,28?,29-,33-/m1/s1. The summed E-state index contributed by atoms with van der Waals surface area (Å²) in [6.07, 6.45) is 0. The Morgan fingerprint density at radius 2 is 1.32 bits per heavy atom. The molecule has 38 heavy (non-hydrogen) atoms. The Bertz CT molecular complexity index is 1610. The molecule has 1 fully saturated rings. The van der Waals surface area contributed by atoms with E-state index in [1.54, 1.807) is 24.3 Å². The number of hydrogen-bond acceptors (Lipinski definition) is 3. The number of carbonyl (C=O) groups excluding carboxylic acids is 3. The van der Waals surface area contributed by atoms with Crippen LogP contribution in [0.5, 0.6) is 0 Å². The molecule has 3 amide bonds. The van der Waals surface area contributed by atoms with Gasteiger partial charge >= 0.3 is 0 Å². The third-order valence-corrected chi connectivity index (χ3v) is 8.79. The molecule has 5 nitrogen and oxygen atoms in total. The van der Waals surface area contributed by atoms with Gasteiger partial charge in [-0.2, -0.15) is 0 Å². The summed E-state index contributed by atoms with van der Waals surface area (Å²) in [5.74, 6) is -1.43. The van der Waals surface area contributed by atoms with Crippen LogP contribution in [0.2, 0.25) is 0 Å². The minimum Gasteiger partial charge on any atom is -0.322 e. The van der Waals surface area contributed by atoms with E-state index in [0.717, 1.165) is 33.5 Å². The Hall–Kier alpha value is -4.51. The van der Waals surface area contributed by atoms with E-state index >= 15 is 0 Å². The summed E-state index contributed by atoms with van der Waals surface area (Å²) in [7, 11) is 0. The van der Waals surface area contributed by atoms with E-state index in [1.807, 2.05) is 62.4 Å². The molecule has 4 aliphatic rings. The Balaban J connectivity index is 1.26. The molecule has 186 valence electrons. The number of aryl methyl sites for hydroxylation is 1. The highest BCUT2D eigenvalue weighted by Gasteiger charge is 2.68. The lowest BCUT2D eigenvalue weighted by Crippen LogP contribution is -2.49. The molecule has 1 saturated heterocycles. The molecule has 1 aliphatic heterocycles. The number of anilines is 2. The Morgan fingerprint density at radius 1 is 0.763 bits per heavy atom. The fourth-order valence-electron chi connectivity index (χ4n) is 7.03. The summed E-state index contributed by atoms with van der Waals surface area (Å²) in [4.78, 5) is 42.5. The van der Waals surface area contributed by atoms with E-state index < -0.39 is 11.3 Å². The number of hydrogen-bond donors (Lipinski definition) is 1. The third kappa shape index (κ3) is 2.90. The SMILES string of the molecule is Cc1ccccc1NC(=O)c1ccc(N2C(=O)[C@H]3C4c5ccccc5C(c5ccccc54)[C@@]3(C)C2=O)cc1. The van der Waals surface area contributed by atoms with Crippen LogP contribution < -0.4 is 10.2 Å². The molecule has 4 aromatic rings. The molecule has 0 radical (unpaired) electrons. The van der Waals surface area contributed by atoms with E-state index in [9.17, 15) is 14.4 Å². The van der Waals surface area contributed by atoms with E-state index in [2.05, 4.69) is 29.6 Å². The number of rotatable bonds is 3. The summed E-state index contributed by atoms with van der Waals surface area (Å²) >= 11 is 0. The monoisotopic (exact) mass is 498 g/mol. The maximum absolute atomic E-state index is 14.2. The lowest BCUT2D eigenvalue weighted by atomic mass is 9.48. The van der Waals surface area contributed by atoms with Crippen molar-refractivity contribution in [3.05, 3.63) is 130 Å². The van der Waals surface area contributed by atoms with Gasteiger partial charge in [-0.15, -0.1) is 0 Å². The van der Waals surface area contributed by atoms with Gasteiger partial charge in [0.05, 0.1) is 17.0 Å². The molecular formula is C33H26N2O3. The van der Waals surface area contributed by atoms with Crippen molar-refractivity contribution in [2.24, 2.45) is 11.3 Å². The van der Waals surface area contributed by atoms with Gasteiger partial charge in [-0.25, -0.2) is 4.90 Å². The van der Waals surface area contributed by atoms with Gasteiger partial charge in [0.2, 0.25) is 11.8 Å². The number of benzene rings is 4. The molecule has 2 atom stereocenters. The molecule has 0 unspecified atom stereocenters. The molecule has 5 heteroatoms. The van der Waals surface area contributed by atoms with Crippen LogP contribution in [-0.2, 0) is 9.59 Å². The number of amides is 3. The van der Waals surface area contributed by atoms with Gasteiger partial charge < -0.3 is 5.32 Å². The van der Waals surface area contributed by atoms with Crippen LogP contribution in [0.3, 0.4) is 0 Å². The van der Waals surface area contributed by atoms with Gasteiger partial charge in [0, 0.05) is 23.1 Å². The number of nitrogens with one attached hydrogen (secondary N) is 1. The fraction of sp³-hybridized carbons (Fsp3) is 0.182. The first-order chi connectivity index (χ1) is 18.4. The zero-order valence-electron chi connectivity index (χ0n) is 21.1. The van der Waals surface area contributed by atoms with Crippen LogP contribution >= 0.6 is 0 Å². The quantitative estimate of drug-likeness (QED) is 0.351. The zero-order valence-corrected chi connectivity index (χ0v) is 21.1. The molecule has 0 saturated carbocycles. The zero-order chi connectivity index (χ0) is 26.2. The normalized spacial score (nSPS) is 24.6. The van der Waals surface area contributed by atoms with Crippen molar-refractivity contribution in [3.63, 3.8) is 0 Å². The summed E-state index contributed by atoms with van der Waals surface area (Å²) in [6, 6.07) is 30.8. The number of para-hydroxylation sites is 1. The minimum absolute atomic E-state index is 0.169. The Morgan fingerprint density at radius 3 is 1.92 bits per heavy atom. The molecule has 1 heterocycles. The molecule has 3 aliphatic carbocycles. The lowest BCUT2D eigenvalue weighted by molar-refractivity contribution is -0.128. The van der Waals surface area contributed by atoms with Gasteiger partial charge in [0.1, 0.15) is 0 Å². The van der Waals surface area contributed by atoms with Crippen molar-refractivity contribution in [2.75, 3.05) is 10.2 Å². The minimum atomic E-state index is -0.884. The van der Waals surface area contributed by atoms with Crippen LogP contribution in [0.1, 0.15) is 56.9 Å². The van der Waals surface area contributed by atoms with Crippen molar-refractivity contribution < 1.29 is 14.4 Å². The lowest BCUT2D eigenvalue weighted by Gasteiger charge is -2.51. The van der Waals surface area contributed by atoms with Gasteiger partial charge in [0.15, 0.2) is 0 Å². The first-order valence-electron chi connectivity index (χ1n) is 12.9. The second-order valence-electron chi connectivity index (χ2n) is 10.7. The highest BCUT2D eigenvalue weighted by atomic mass is 16.2. The first kappa shape index (κ1) is 22.7. The predicted octanol–water partition coefficient (Wildman–Crippen LogP) is 6.03. The van der Waals surface area contributed by atoms with Gasteiger partial charge in [-0.05, 0) is 72.0 Å². The van der Waals surface area contributed by atoms with Crippen LogP contribution in [0, 0.1) is 18.3 Å². The number of carbonyl (C=O) groups is 3. The Labute approximate surface area is 221 Å². The molecule has 0 spiro atoms. The molecule has 2 bridgehead atoms. The highest BCUT2D eigenvalue weighted by molar-refractivity contribution is 6.25. The molecule has 8 rings (SSSR count). The molecule has 0 aromatic heterocycles. The number of imide groups is 1. The molecular weight excluding hydrogens is 472 g/mol. The average Bonchev–Trinajstić information content (AvgIpc) is 3.15. The summed E-state index contributed by atoms with van der Waals surface area (Å²) in [6.45, 7) is 3.90. The van der Waals surface area contributed by atoms with Crippen molar-refractivity contribution in [3.8, 4) is 0 Å². The summed E-state index contributed by atoms with van der Waals surface area (Å²) in [5.41, 5.74) is 6.36. The largest absolute Gasteiger partial charge is 0.322 e. The predicted molar refractivity (Wildman–Crippen MR) is 146 cm³/mol. The van der Waals surface area contributed by atoms with Gasteiger partial charge in [0.25, 0.3) is 5.91 Å². The van der Waals surface area contributed by atoms with E-state index in [-0.39, 0.29) is 29.6 Å². The van der Waals surface area contributed by atoms with Crippen LogP contribution in [0.25, 0.3) is 0 Å². The second kappa shape index (κ2) is 7.99. The van der Waals surface area contributed by atoms with Crippen molar-refractivity contribution in [1.29, 1.82) is 0 Å². The average molecular weight is 499 g/mol. The smallest absolute Gasteiger partial charge is 0.255 e. The van der Waals surface area contributed by atoms with E-state index in [1.165, 1.54) is 4.90 Å². The van der Waals surface area contributed by atoms with Crippen molar-refractivity contribution >= 4 is 29.1 Å². The summed E-state index contributed by atoms with van der Waals surface area (Å²) < 4.78 is 0. The van der Waals surface area contributed by atoms with Crippen LogP contribution in [0.15, 0.2) is 97.1 Å². The van der Waals surface area contributed by atoms with Crippen LogP contribution in [0.4, 0.5) is 11.4 Å². The first-order valence-corrected chi connectivity index (χ1v) is 12.9. The topological polar surface area (TPSA) is 66.5 Å². The van der Waals surface area contributed by atoms with Crippen molar-refractivity contribution in [2.45, 2.75) is 25.7 Å². The maximum Gasteiger partial charge on any atom is 0.255 e. The third-order valence-electron chi connectivity index (χ3n) is 8.79. The summed E-state index contributed by atoms with van der Waals surface area (Å²) in [5, 5.41) is 2.93. The maximum atomic E-state index is 14.2. The van der Waals surface area contributed by atoms with Gasteiger partial charge in [-0.1, -0.05) is 66.7 Å². The van der Waals surface area contributed by atoms with Crippen LogP contribution in [-0.4, -0.2) is 17.7 Å². The van der Waals surface area contributed by atoms with Gasteiger partial charge in [-0.3, -0.25) is 14.4 Å². The second-order valence-corrected chi connectivity index (χ2v) is 10.7. The number of nitrogens with zero attached hydrogens (tertiary/aromatic N) is 1. The van der Waals surface area contributed by atoms with E-state index in [4.69, 9.17) is 0 Å². The van der Waals surface area contributed by atoms with E-state index in [0.29, 0.717) is 11.3 Å². The fourth-order valence-corrected chi connectivity index (χ4v) is 7.03. The highest BCUT2D eigenvalue weighted by Crippen LogP contribution is 2.67.